The van der Waals surface area contributed by atoms with Gasteiger partial charge in [-0.15, -0.1) is 0 Å². The Balaban J connectivity index is 2.77. The molecular formula is C11H13F3N2O2S3. The van der Waals surface area contributed by atoms with Crippen LogP contribution in [0.5, 0.6) is 0 Å². The van der Waals surface area contributed by atoms with Crippen molar-refractivity contribution in [2.75, 3.05) is 12.3 Å². The molecule has 0 aliphatic carbocycles. The van der Waals surface area contributed by atoms with Gasteiger partial charge in [-0.1, -0.05) is 18.3 Å². The van der Waals surface area contributed by atoms with Crippen molar-refractivity contribution in [2.45, 2.75) is 17.3 Å². The van der Waals surface area contributed by atoms with Gasteiger partial charge in [-0.05, 0) is 36.4 Å². The summed E-state index contributed by atoms with van der Waals surface area (Å²) in [6.07, 6.45) is 0. The van der Waals surface area contributed by atoms with Crippen molar-refractivity contribution in [1.29, 1.82) is 0 Å². The normalized spacial score (nSPS) is 12.4. The molecule has 0 amide bonds. The van der Waals surface area contributed by atoms with Crippen LogP contribution in [0.2, 0.25) is 0 Å². The Bertz CT molecular complexity index is 630. The van der Waals surface area contributed by atoms with Crippen molar-refractivity contribution in [3.8, 4) is 0 Å². The highest BCUT2D eigenvalue weighted by atomic mass is 32.2. The van der Waals surface area contributed by atoms with Crippen molar-refractivity contribution in [3.63, 3.8) is 0 Å². The van der Waals surface area contributed by atoms with E-state index in [2.05, 4.69) is 4.72 Å². The molecule has 21 heavy (non-hydrogen) atoms. The first kappa shape index (κ1) is 18.2. The summed E-state index contributed by atoms with van der Waals surface area (Å²) in [4.78, 5) is 0.121. The van der Waals surface area contributed by atoms with Crippen LogP contribution < -0.4 is 10.5 Å². The van der Waals surface area contributed by atoms with Crippen LogP contribution in [-0.4, -0.2) is 31.2 Å². The number of nitrogens with one attached hydrogen (secondary N) is 1. The smallest absolute Gasteiger partial charge is 0.389 e. The highest BCUT2D eigenvalue weighted by Gasteiger charge is 2.28. The first-order chi connectivity index (χ1) is 9.53. The van der Waals surface area contributed by atoms with Gasteiger partial charge in [0.15, 0.2) is 0 Å². The quantitative estimate of drug-likeness (QED) is 0.602. The van der Waals surface area contributed by atoms with Gasteiger partial charge in [-0.3, -0.25) is 0 Å². The van der Waals surface area contributed by atoms with Crippen LogP contribution in [0.1, 0.15) is 11.1 Å². The van der Waals surface area contributed by atoms with Crippen LogP contribution in [0.4, 0.5) is 13.2 Å². The molecule has 0 atom stereocenters. The minimum Gasteiger partial charge on any atom is -0.389 e. The first-order valence-corrected chi connectivity index (χ1v) is 8.51. The maximum Gasteiger partial charge on any atom is 0.441 e. The summed E-state index contributed by atoms with van der Waals surface area (Å²) in [7, 11) is -3.87. The molecule has 0 saturated carbocycles. The molecule has 0 spiro atoms. The lowest BCUT2D eigenvalue weighted by molar-refractivity contribution is -0.0327. The number of halogens is 3. The van der Waals surface area contributed by atoms with E-state index in [9.17, 15) is 21.6 Å². The molecule has 1 aromatic carbocycles. The molecule has 4 nitrogen and oxygen atoms in total. The predicted molar refractivity (Wildman–Crippen MR) is 80.8 cm³/mol. The molecule has 3 N–H and O–H groups in total. The van der Waals surface area contributed by atoms with Crippen molar-refractivity contribution in [2.24, 2.45) is 5.73 Å². The van der Waals surface area contributed by atoms with E-state index in [1.165, 1.54) is 18.2 Å². The van der Waals surface area contributed by atoms with E-state index >= 15 is 0 Å². The van der Waals surface area contributed by atoms with Crippen LogP contribution >= 0.6 is 24.0 Å². The third kappa shape index (κ3) is 5.81. The van der Waals surface area contributed by atoms with Crippen molar-refractivity contribution < 1.29 is 21.6 Å². The zero-order valence-corrected chi connectivity index (χ0v) is 13.3. The first-order valence-electron chi connectivity index (χ1n) is 5.64. The maximum absolute atomic E-state index is 12.0. The van der Waals surface area contributed by atoms with Gasteiger partial charge in [0.1, 0.15) is 4.99 Å². The molecule has 0 unspecified atom stereocenters. The standard InChI is InChI=1S/C11H13F3N2O2S3/c1-7-6-8(10(15)19)2-3-9(7)21(17,18)16-4-5-20-11(12,13)14/h2-3,6,16H,4-5H2,1H3,(H2,15,19). The molecule has 0 radical (unpaired) electrons. The summed E-state index contributed by atoms with van der Waals surface area (Å²) in [5.41, 5.74) is 2.00. The molecule has 0 bridgehead atoms. The summed E-state index contributed by atoms with van der Waals surface area (Å²) >= 11 is 4.50. The number of rotatable bonds is 6. The van der Waals surface area contributed by atoms with Crippen LogP contribution in [0.25, 0.3) is 0 Å². The predicted octanol–water partition coefficient (Wildman–Crippen LogP) is 2.16. The molecule has 10 heteroatoms. The second kappa shape index (κ2) is 6.95. The van der Waals surface area contributed by atoms with Gasteiger partial charge in [-0.25, -0.2) is 13.1 Å². The Morgan fingerprint density at radius 3 is 2.52 bits per heavy atom. The zero-order valence-electron chi connectivity index (χ0n) is 10.9. The summed E-state index contributed by atoms with van der Waals surface area (Å²) < 4.78 is 61.9. The number of nitrogens with two attached hydrogens (primary N) is 1. The molecule has 0 aromatic heterocycles. The largest absolute Gasteiger partial charge is 0.441 e. The molecule has 0 fully saturated rings. The minimum absolute atomic E-state index is 0.0143. The number of hydrogen-bond acceptors (Lipinski definition) is 4. The number of sulfonamides is 1. The van der Waals surface area contributed by atoms with Gasteiger partial charge in [0.2, 0.25) is 10.0 Å². The highest BCUT2D eigenvalue weighted by Crippen LogP contribution is 2.29. The fourth-order valence-corrected chi connectivity index (χ4v) is 3.47. The van der Waals surface area contributed by atoms with Crippen LogP contribution in [-0.2, 0) is 10.0 Å². The molecule has 0 heterocycles. The Kier molecular flexibility index (Phi) is 6.02. The van der Waals surface area contributed by atoms with Crippen molar-refractivity contribution in [3.05, 3.63) is 29.3 Å². The summed E-state index contributed by atoms with van der Waals surface area (Å²) in [5, 5.41) is 0. The average Bonchev–Trinajstić information content (AvgIpc) is 2.33. The SMILES string of the molecule is Cc1cc(C(N)=S)ccc1S(=O)(=O)NCCSC(F)(F)F. The lowest BCUT2D eigenvalue weighted by Gasteiger charge is -2.11. The number of hydrogen-bond donors (Lipinski definition) is 2. The average molecular weight is 358 g/mol. The maximum atomic E-state index is 12.0. The second-order valence-corrected chi connectivity index (χ2v) is 7.37. The van der Waals surface area contributed by atoms with Gasteiger partial charge < -0.3 is 5.73 Å². The van der Waals surface area contributed by atoms with E-state index in [1.807, 2.05) is 0 Å². The molecule has 0 aliphatic heterocycles. The number of alkyl halides is 3. The van der Waals surface area contributed by atoms with Gasteiger partial charge in [0.25, 0.3) is 0 Å². The van der Waals surface area contributed by atoms with Crippen LogP contribution in [0.15, 0.2) is 23.1 Å². The molecule has 0 saturated heterocycles. The van der Waals surface area contributed by atoms with E-state index in [0.29, 0.717) is 11.1 Å². The van der Waals surface area contributed by atoms with Gasteiger partial charge >= 0.3 is 5.51 Å². The van der Waals surface area contributed by atoms with E-state index in [1.54, 1.807) is 6.92 Å². The van der Waals surface area contributed by atoms with Crippen molar-refractivity contribution in [1.82, 2.24) is 4.72 Å². The second-order valence-electron chi connectivity index (χ2n) is 4.04. The van der Waals surface area contributed by atoms with E-state index in [-0.39, 0.29) is 28.2 Å². The Labute approximate surface area is 130 Å². The number of thiocarbonyl (C=S) groups is 1. The molecular weight excluding hydrogens is 345 g/mol. The van der Waals surface area contributed by atoms with Crippen LogP contribution in [0.3, 0.4) is 0 Å². The van der Waals surface area contributed by atoms with Crippen LogP contribution in [0, 0.1) is 6.92 Å². The zero-order chi connectivity index (χ0) is 16.3. The summed E-state index contributed by atoms with van der Waals surface area (Å²) in [6.45, 7) is 1.24. The minimum atomic E-state index is -4.38. The Morgan fingerprint density at radius 1 is 1.43 bits per heavy atom. The topological polar surface area (TPSA) is 72.2 Å². The lowest BCUT2D eigenvalue weighted by Crippen LogP contribution is -2.27. The van der Waals surface area contributed by atoms with Gasteiger partial charge in [0.05, 0.1) is 4.90 Å². The van der Waals surface area contributed by atoms with Crippen molar-refractivity contribution >= 4 is 39.0 Å². The fraction of sp³-hybridized carbons (Fsp3) is 0.364. The van der Waals surface area contributed by atoms with E-state index in [4.69, 9.17) is 18.0 Å². The molecule has 1 aromatic rings. The Hall–Kier alpha value is -0.840. The number of aryl methyl sites for hydroxylation is 1. The fourth-order valence-electron chi connectivity index (χ4n) is 1.52. The highest BCUT2D eigenvalue weighted by molar-refractivity contribution is 8.00. The van der Waals surface area contributed by atoms with E-state index < -0.39 is 21.3 Å². The number of benzene rings is 1. The molecule has 118 valence electrons. The van der Waals surface area contributed by atoms with E-state index in [0.717, 1.165) is 0 Å². The molecule has 0 aliphatic rings. The third-order valence-corrected chi connectivity index (χ3v) is 5.00. The number of thioether (sulfide) groups is 1. The van der Waals surface area contributed by atoms with Gasteiger partial charge in [0, 0.05) is 17.9 Å². The summed E-state index contributed by atoms with van der Waals surface area (Å²) in [5.74, 6) is -0.396. The monoisotopic (exact) mass is 358 g/mol. The lowest BCUT2D eigenvalue weighted by atomic mass is 10.1. The van der Waals surface area contributed by atoms with Gasteiger partial charge in [-0.2, -0.15) is 13.2 Å². The summed E-state index contributed by atoms with van der Waals surface area (Å²) in [6, 6.07) is 4.29. The molecule has 1 rings (SSSR count). The third-order valence-electron chi connectivity index (χ3n) is 2.41. The Morgan fingerprint density at radius 2 is 2.05 bits per heavy atom.